The van der Waals surface area contributed by atoms with Gasteiger partial charge in [-0.25, -0.2) is 14.6 Å². The summed E-state index contributed by atoms with van der Waals surface area (Å²) in [4.78, 5) is 26.8. The van der Waals surface area contributed by atoms with Gasteiger partial charge in [0.05, 0.1) is 13.2 Å². The zero-order chi connectivity index (χ0) is 14.3. The fraction of sp³-hybridized carbons (Fsp3) is 0.417. The van der Waals surface area contributed by atoms with Crippen molar-refractivity contribution in [3.63, 3.8) is 0 Å². The number of carbonyl (C=O) groups is 2. The molecule has 0 unspecified atom stereocenters. The van der Waals surface area contributed by atoms with Crippen molar-refractivity contribution >= 4 is 17.8 Å². The van der Waals surface area contributed by atoms with E-state index in [0.717, 1.165) is 0 Å². The SMILES string of the molecule is CCOC(=O)[C@](C)(O)CNC(=O)Nc1ccccn1. The maximum absolute atomic E-state index is 11.5. The number of carbonyl (C=O) groups excluding carboxylic acids is 2. The van der Waals surface area contributed by atoms with Gasteiger partial charge in [0.15, 0.2) is 5.60 Å². The quantitative estimate of drug-likeness (QED) is 0.675. The second kappa shape index (κ2) is 6.69. The predicted octanol–water partition coefficient (Wildman–Crippen LogP) is 0.517. The van der Waals surface area contributed by atoms with Gasteiger partial charge in [-0.15, -0.1) is 0 Å². The number of amides is 2. The van der Waals surface area contributed by atoms with Crippen molar-refractivity contribution < 1.29 is 19.4 Å². The van der Waals surface area contributed by atoms with Crippen molar-refractivity contribution in [2.75, 3.05) is 18.5 Å². The summed E-state index contributed by atoms with van der Waals surface area (Å²) in [7, 11) is 0. The van der Waals surface area contributed by atoms with Gasteiger partial charge in [-0.2, -0.15) is 0 Å². The Kier molecular flexibility index (Phi) is 5.25. The van der Waals surface area contributed by atoms with Gasteiger partial charge in [-0.1, -0.05) is 6.07 Å². The Bertz CT molecular complexity index is 434. The average molecular weight is 267 g/mol. The molecule has 0 aromatic carbocycles. The second-order valence-electron chi connectivity index (χ2n) is 4.02. The van der Waals surface area contributed by atoms with Crippen molar-refractivity contribution in [2.24, 2.45) is 0 Å². The number of hydrogen-bond acceptors (Lipinski definition) is 5. The first-order chi connectivity index (χ1) is 8.95. The van der Waals surface area contributed by atoms with E-state index in [1.807, 2.05) is 0 Å². The fourth-order valence-corrected chi connectivity index (χ4v) is 1.21. The molecule has 0 fully saturated rings. The van der Waals surface area contributed by atoms with Gasteiger partial charge in [0, 0.05) is 6.20 Å². The first-order valence-corrected chi connectivity index (χ1v) is 5.81. The van der Waals surface area contributed by atoms with Crippen LogP contribution in [0, 0.1) is 0 Å². The molecule has 7 nitrogen and oxygen atoms in total. The molecular weight excluding hydrogens is 250 g/mol. The number of anilines is 1. The van der Waals surface area contributed by atoms with Crippen molar-refractivity contribution in [1.82, 2.24) is 10.3 Å². The van der Waals surface area contributed by atoms with E-state index in [1.165, 1.54) is 13.1 Å². The Hall–Kier alpha value is -2.15. The first-order valence-electron chi connectivity index (χ1n) is 5.81. The van der Waals surface area contributed by atoms with Crippen LogP contribution < -0.4 is 10.6 Å². The third-order valence-electron chi connectivity index (χ3n) is 2.21. The summed E-state index contributed by atoms with van der Waals surface area (Å²) < 4.78 is 4.68. The molecule has 1 aromatic rings. The van der Waals surface area contributed by atoms with Gasteiger partial charge in [0.1, 0.15) is 5.82 Å². The average Bonchev–Trinajstić information content (AvgIpc) is 2.38. The van der Waals surface area contributed by atoms with E-state index in [9.17, 15) is 14.7 Å². The standard InChI is InChI=1S/C12H17N3O4/c1-3-19-10(16)12(2,18)8-14-11(17)15-9-6-4-5-7-13-9/h4-7,18H,3,8H2,1-2H3,(H2,13,14,15,17)/t12-/m1/s1. The largest absolute Gasteiger partial charge is 0.464 e. The van der Waals surface area contributed by atoms with E-state index >= 15 is 0 Å². The summed E-state index contributed by atoms with van der Waals surface area (Å²) in [6.07, 6.45) is 1.53. The maximum Gasteiger partial charge on any atom is 0.339 e. The summed E-state index contributed by atoms with van der Waals surface area (Å²) in [5.74, 6) is -0.413. The van der Waals surface area contributed by atoms with E-state index in [-0.39, 0.29) is 13.2 Å². The monoisotopic (exact) mass is 267 g/mol. The highest BCUT2D eigenvalue weighted by Crippen LogP contribution is 2.05. The molecule has 1 atom stereocenters. The highest BCUT2D eigenvalue weighted by molar-refractivity contribution is 5.89. The lowest BCUT2D eigenvalue weighted by Crippen LogP contribution is -2.48. The zero-order valence-electron chi connectivity index (χ0n) is 10.8. The molecule has 0 aliphatic heterocycles. The van der Waals surface area contributed by atoms with Crippen molar-refractivity contribution in [3.05, 3.63) is 24.4 Å². The van der Waals surface area contributed by atoms with Crippen LogP contribution in [0.2, 0.25) is 0 Å². The number of urea groups is 1. The molecule has 0 aliphatic rings. The Morgan fingerprint density at radius 2 is 2.21 bits per heavy atom. The van der Waals surface area contributed by atoms with E-state index in [1.54, 1.807) is 25.1 Å². The minimum atomic E-state index is -1.77. The summed E-state index contributed by atoms with van der Waals surface area (Å²) in [5.41, 5.74) is -1.77. The molecule has 0 spiro atoms. The lowest BCUT2D eigenvalue weighted by atomic mass is 10.1. The third-order valence-corrected chi connectivity index (χ3v) is 2.21. The first kappa shape index (κ1) is 14.9. The highest BCUT2D eigenvalue weighted by Gasteiger charge is 2.32. The lowest BCUT2D eigenvalue weighted by Gasteiger charge is -2.21. The maximum atomic E-state index is 11.5. The molecule has 3 N–H and O–H groups in total. The molecule has 1 aromatic heterocycles. The third kappa shape index (κ3) is 4.92. The minimum absolute atomic E-state index is 0.162. The van der Waals surface area contributed by atoms with Crippen molar-refractivity contribution in [3.8, 4) is 0 Å². The number of nitrogens with one attached hydrogen (secondary N) is 2. The molecule has 0 bridgehead atoms. The summed E-state index contributed by atoms with van der Waals surface area (Å²) in [6.45, 7) is 2.81. The number of nitrogens with zero attached hydrogens (tertiary/aromatic N) is 1. The van der Waals surface area contributed by atoms with Gasteiger partial charge >= 0.3 is 12.0 Å². The van der Waals surface area contributed by atoms with E-state index < -0.39 is 17.6 Å². The molecule has 104 valence electrons. The topological polar surface area (TPSA) is 101 Å². The molecule has 1 rings (SSSR count). The zero-order valence-corrected chi connectivity index (χ0v) is 10.8. The van der Waals surface area contributed by atoms with Crippen LogP contribution in [0.4, 0.5) is 10.6 Å². The van der Waals surface area contributed by atoms with Gasteiger partial charge in [-0.05, 0) is 26.0 Å². The normalized spacial score (nSPS) is 13.2. The number of esters is 1. The number of aromatic nitrogens is 1. The Morgan fingerprint density at radius 3 is 2.79 bits per heavy atom. The number of rotatable bonds is 5. The lowest BCUT2D eigenvalue weighted by molar-refractivity contribution is -0.162. The van der Waals surface area contributed by atoms with Crippen LogP contribution in [0.15, 0.2) is 24.4 Å². The Labute approximate surface area is 111 Å². The van der Waals surface area contributed by atoms with Crippen LogP contribution >= 0.6 is 0 Å². The van der Waals surface area contributed by atoms with Gasteiger partial charge < -0.3 is 15.2 Å². The highest BCUT2D eigenvalue weighted by atomic mass is 16.5. The van der Waals surface area contributed by atoms with E-state index in [4.69, 9.17) is 0 Å². The van der Waals surface area contributed by atoms with Crippen LogP contribution in [0.3, 0.4) is 0 Å². The summed E-state index contributed by atoms with van der Waals surface area (Å²) in [6, 6.07) is 4.48. The van der Waals surface area contributed by atoms with Crippen LogP contribution in [0.5, 0.6) is 0 Å². The fourth-order valence-electron chi connectivity index (χ4n) is 1.21. The van der Waals surface area contributed by atoms with Crippen LogP contribution in [0.1, 0.15) is 13.8 Å². The smallest absolute Gasteiger partial charge is 0.339 e. The molecule has 0 saturated heterocycles. The second-order valence-corrected chi connectivity index (χ2v) is 4.02. The number of aliphatic hydroxyl groups is 1. The van der Waals surface area contributed by atoms with Crippen LogP contribution in [-0.4, -0.2) is 40.8 Å². The van der Waals surface area contributed by atoms with Crippen LogP contribution in [0.25, 0.3) is 0 Å². The molecule has 1 heterocycles. The summed E-state index contributed by atoms with van der Waals surface area (Å²) in [5, 5.41) is 14.6. The Balaban J connectivity index is 2.44. The molecular formula is C12H17N3O4. The molecule has 2 amide bonds. The number of ether oxygens (including phenoxy) is 1. The van der Waals surface area contributed by atoms with Gasteiger partial charge in [0.25, 0.3) is 0 Å². The predicted molar refractivity (Wildman–Crippen MR) is 68.5 cm³/mol. The van der Waals surface area contributed by atoms with Crippen molar-refractivity contribution in [2.45, 2.75) is 19.4 Å². The molecule has 0 radical (unpaired) electrons. The van der Waals surface area contributed by atoms with Gasteiger partial charge in [-0.3, -0.25) is 5.32 Å². The van der Waals surface area contributed by atoms with Crippen molar-refractivity contribution in [1.29, 1.82) is 0 Å². The van der Waals surface area contributed by atoms with Crippen LogP contribution in [-0.2, 0) is 9.53 Å². The summed E-state index contributed by atoms with van der Waals surface area (Å²) >= 11 is 0. The minimum Gasteiger partial charge on any atom is -0.464 e. The van der Waals surface area contributed by atoms with E-state index in [2.05, 4.69) is 20.4 Å². The van der Waals surface area contributed by atoms with E-state index in [0.29, 0.717) is 5.82 Å². The Morgan fingerprint density at radius 1 is 1.47 bits per heavy atom. The number of pyridine rings is 1. The molecule has 0 aliphatic carbocycles. The van der Waals surface area contributed by atoms with Gasteiger partial charge in [0.2, 0.25) is 0 Å². The molecule has 0 saturated carbocycles. The molecule has 7 heteroatoms. The number of hydrogen-bond donors (Lipinski definition) is 3. The molecule has 19 heavy (non-hydrogen) atoms.